The average Bonchev–Trinajstić information content (AvgIpc) is 3.09. The van der Waals surface area contributed by atoms with E-state index in [0.29, 0.717) is 22.9 Å². The topological polar surface area (TPSA) is 81.7 Å². The van der Waals surface area contributed by atoms with Crippen molar-refractivity contribution in [3.8, 4) is 0 Å². The molecule has 1 aliphatic rings. The summed E-state index contributed by atoms with van der Waals surface area (Å²) in [6.07, 6.45) is 1.38. The van der Waals surface area contributed by atoms with Crippen molar-refractivity contribution in [1.29, 1.82) is 0 Å². The number of ketones is 1. The molecule has 0 aliphatic heterocycles. The van der Waals surface area contributed by atoms with Crippen LogP contribution in [0.25, 0.3) is 0 Å². The molecule has 0 radical (unpaired) electrons. The van der Waals surface area contributed by atoms with Gasteiger partial charge in [-0.3, -0.25) is 10.0 Å². The zero-order chi connectivity index (χ0) is 19.5. The summed E-state index contributed by atoms with van der Waals surface area (Å²) < 4.78 is 0. The third-order valence-electron chi connectivity index (χ3n) is 4.65. The Morgan fingerprint density at radius 2 is 1.57 bits per heavy atom. The first-order chi connectivity index (χ1) is 13.6. The van der Waals surface area contributed by atoms with Crippen molar-refractivity contribution >= 4 is 34.6 Å². The normalized spacial score (nSPS) is 12.4. The second-order valence-electron chi connectivity index (χ2n) is 6.57. The lowest BCUT2D eigenvalue weighted by molar-refractivity contribution is 0.0994. The maximum absolute atomic E-state index is 12.1. The maximum atomic E-state index is 12.1. The predicted molar refractivity (Wildman–Crippen MR) is 109 cm³/mol. The summed E-state index contributed by atoms with van der Waals surface area (Å²) in [5, 5.41) is 16.5. The minimum atomic E-state index is -0.649. The van der Waals surface area contributed by atoms with Crippen LogP contribution in [0.3, 0.4) is 0 Å². The van der Waals surface area contributed by atoms with Gasteiger partial charge in [-0.15, -0.1) is 0 Å². The van der Waals surface area contributed by atoms with Gasteiger partial charge in [0, 0.05) is 29.0 Å². The molecule has 1 aliphatic carbocycles. The molecule has 3 aromatic carbocycles. The molecule has 0 atom stereocenters. The molecule has 0 unspecified atom stereocenters. The summed E-state index contributed by atoms with van der Waals surface area (Å²) >= 11 is 0. The number of aryl methyl sites for hydroxylation is 1. The van der Waals surface area contributed by atoms with Crippen molar-refractivity contribution in [3.63, 3.8) is 0 Å². The van der Waals surface area contributed by atoms with Crippen molar-refractivity contribution in [2.24, 2.45) is 0 Å². The number of hydroxylamine groups is 1. The van der Waals surface area contributed by atoms with Gasteiger partial charge in [0.25, 0.3) is 0 Å². The molecule has 0 bridgehead atoms. The number of anilines is 4. The van der Waals surface area contributed by atoms with E-state index in [9.17, 15) is 14.8 Å². The molecule has 6 heteroatoms. The zero-order valence-corrected chi connectivity index (χ0v) is 15.1. The van der Waals surface area contributed by atoms with E-state index >= 15 is 0 Å². The zero-order valence-electron chi connectivity index (χ0n) is 15.1. The van der Waals surface area contributed by atoms with Crippen LogP contribution in [0.15, 0.2) is 72.8 Å². The number of hydrogen-bond acceptors (Lipinski definition) is 4. The van der Waals surface area contributed by atoms with E-state index in [1.54, 1.807) is 48.5 Å². The molecular formula is C22H19N3O3. The number of nitrogens with zero attached hydrogens (tertiary/aromatic N) is 1. The molecule has 0 heterocycles. The Labute approximate surface area is 162 Å². The molecule has 3 aromatic rings. The Kier molecular flexibility index (Phi) is 4.78. The highest BCUT2D eigenvalue weighted by Gasteiger charge is 2.19. The summed E-state index contributed by atoms with van der Waals surface area (Å²) in [6.45, 7) is 0. The number of urea groups is 1. The van der Waals surface area contributed by atoms with Gasteiger partial charge in [-0.2, -0.15) is 5.06 Å². The molecule has 0 saturated carbocycles. The van der Waals surface area contributed by atoms with Gasteiger partial charge in [-0.25, -0.2) is 4.79 Å². The van der Waals surface area contributed by atoms with Crippen molar-refractivity contribution in [1.82, 2.24) is 0 Å². The van der Waals surface area contributed by atoms with Crippen LogP contribution in [0.2, 0.25) is 0 Å². The number of amides is 2. The van der Waals surface area contributed by atoms with E-state index in [0.717, 1.165) is 28.9 Å². The highest BCUT2D eigenvalue weighted by Crippen LogP contribution is 2.27. The fourth-order valence-electron chi connectivity index (χ4n) is 3.18. The first kappa shape index (κ1) is 17.8. The van der Waals surface area contributed by atoms with Crippen molar-refractivity contribution in [3.05, 3.63) is 83.9 Å². The molecule has 0 fully saturated rings. The van der Waals surface area contributed by atoms with Crippen LogP contribution in [0, 0.1) is 0 Å². The molecule has 4 rings (SSSR count). The number of carbonyl (C=O) groups excluding carboxylic acids is 2. The van der Waals surface area contributed by atoms with E-state index in [-0.39, 0.29) is 5.78 Å². The second kappa shape index (κ2) is 7.54. The lowest BCUT2D eigenvalue weighted by atomic mass is 10.1. The van der Waals surface area contributed by atoms with E-state index in [1.807, 2.05) is 24.3 Å². The van der Waals surface area contributed by atoms with Crippen LogP contribution in [0.4, 0.5) is 27.5 Å². The van der Waals surface area contributed by atoms with Crippen LogP contribution in [-0.2, 0) is 6.42 Å². The largest absolute Gasteiger partial charge is 0.356 e. The van der Waals surface area contributed by atoms with Crippen LogP contribution in [0.5, 0.6) is 0 Å². The fourth-order valence-corrected chi connectivity index (χ4v) is 3.18. The molecule has 28 heavy (non-hydrogen) atoms. The minimum absolute atomic E-state index is 0.175. The van der Waals surface area contributed by atoms with E-state index in [2.05, 4.69) is 10.6 Å². The first-order valence-electron chi connectivity index (χ1n) is 8.98. The Hall–Kier alpha value is -3.64. The first-order valence-corrected chi connectivity index (χ1v) is 8.98. The number of rotatable bonds is 4. The molecule has 2 amide bonds. The van der Waals surface area contributed by atoms with Gasteiger partial charge in [0.05, 0.1) is 5.69 Å². The number of carbonyl (C=O) groups is 2. The third-order valence-corrected chi connectivity index (χ3v) is 4.65. The molecule has 0 spiro atoms. The number of Topliss-reactive ketones (excluding diaryl/α,β-unsaturated/α-hetero) is 1. The third kappa shape index (κ3) is 3.72. The van der Waals surface area contributed by atoms with E-state index < -0.39 is 6.03 Å². The highest BCUT2D eigenvalue weighted by atomic mass is 16.5. The van der Waals surface area contributed by atoms with Gasteiger partial charge in [-0.05, 0) is 60.5 Å². The van der Waals surface area contributed by atoms with Gasteiger partial charge in [0.1, 0.15) is 0 Å². The summed E-state index contributed by atoms with van der Waals surface area (Å²) in [5.41, 5.74) is 4.40. The molecule has 6 nitrogen and oxygen atoms in total. The Balaban J connectivity index is 1.43. The predicted octanol–water partition coefficient (Wildman–Crippen LogP) is 4.99. The monoisotopic (exact) mass is 373 g/mol. The minimum Gasteiger partial charge on any atom is -0.356 e. The number of fused-ring (bicyclic) bond motifs is 1. The maximum Gasteiger partial charge on any atom is 0.350 e. The second-order valence-corrected chi connectivity index (χ2v) is 6.57. The van der Waals surface area contributed by atoms with Gasteiger partial charge < -0.3 is 10.6 Å². The number of para-hydroxylation sites is 1. The molecule has 0 saturated heterocycles. The van der Waals surface area contributed by atoms with E-state index in [1.165, 1.54) is 0 Å². The van der Waals surface area contributed by atoms with Gasteiger partial charge in [-0.1, -0.05) is 24.3 Å². The smallest absolute Gasteiger partial charge is 0.350 e. The molecular weight excluding hydrogens is 354 g/mol. The van der Waals surface area contributed by atoms with Crippen LogP contribution < -0.4 is 15.7 Å². The lowest BCUT2D eigenvalue weighted by Gasteiger charge is -2.16. The van der Waals surface area contributed by atoms with Gasteiger partial charge in [0.2, 0.25) is 0 Å². The SMILES string of the molecule is O=C1CCc2ccc(Nc3ccc(N(O)C(=O)Nc4ccccc4)cc3)cc21. The summed E-state index contributed by atoms with van der Waals surface area (Å²) in [7, 11) is 0. The Bertz CT molecular complexity index is 1020. The van der Waals surface area contributed by atoms with Gasteiger partial charge >= 0.3 is 6.03 Å². The van der Waals surface area contributed by atoms with Crippen molar-refractivity contribution in [2.75, 3.05) is 15.7 Å². The van der Waals surface area contributed by atoms with Crippen LogP contribution in [0.1, 0.15) is 22.3 Å². The number of benzene rings is 3. The summed E-state index contributed by atoms with van der Waals surface area (Å²) in [4.78, 5) is 24.0. The van der Waals surface area contributed by atoms with Crippen LogP contribution >= 0.6 is 0 Å². The summed E-state index contributed by atoms with van der Waals surface area (Å²) in [5.74, 6) is 0.175. The van der Waals surface area contributed by atoms with E-state index in [4.69, 9.17) is 0 Å². The van der Waals surface area contributed by atoms with Crippen molar-refractivity contribution in [2.45, 2.75) is 12.8 Å². The fraction of sp³-hybridized carbons (Fsp3) is 0.0909. The van der Waals surface area contributed by atoms with Crippen molar-refractivity contribution < 1.29 is 14.8 Å². The number of hydrogen-bond donors (Lipinski definition) is 3. The summed E-state index contributed by atoms with van der Waals surface area (Å²) in [6, 6.07) is 20.8. The lowest BCUT2D eigenvalue weighted by Crippen LogP contribution is -2.31. The standard InChI is InChI=1S/C22H19N3O3/c26-21-13-7-15-6-8-18(14-20(15)21)23-17-9-11-19(12-10-17)25(28)22(27)24-16-4-2-1-3-5-16/h1-6,8-12,14,23,28H,7,13H2,(H,24,27). The Morgan fingerprint density at radius 1 is 0.857 bits per heavy atom. The van der Waals surface area contributed by atoms with Gasteiger partial charge in [0.15, 0.2) is 5.78 Å². The molecule has 0 aromatic heterocycles. The molecule has 3 N–H and O–H groups in total. The quantitative estimate of drug-likeness (QED) is 0.445. The van der Waals surface area contributed by atoms with Crippen LogP contribution in [-0.4, -0.2) is 17.0 Å². The number of nitrogens with one attached hydrogen (secondary N) is 2. The Morgan fingerprint density at radius 3 is 2.32 bits per heavy atom. The average molecular weight is 373 g/mol. The molecule has 140 valence electrons. The highest BCUT2D eigenvalue weighted by molar-refractivity contribution is 6.01.